The Kier molecular flexibility index (Phi) is 3.28. The van der Waals surface area contributed by atoms with E-state index in [2.05, 4.69) is 4.98 Å². The molecule has 0 aliphatic rings. The first-order valence-corrected chi connectivity index (χ1v) is 6.24. The van der Waals surface area contributed by atoms with Crippen LogP contribution in [0.25, 0.3) is 10.2 Å². The van der Waals surface area contributed by atoms with Gasteiger partial charge < -0.3 is 9.84 Å². The van der Waals surface area contributed by atoms with Crippen LogP contribution in [0.15, 0.2) is 17.6 Å². The van der Waals surface area contributed by atoms with Gasteiger partial charge in [-0.15, -0.1) is 11.3 Å². The normalized spacial score (nSPS) is 12.6. The maximum atomic E-state index is 11.1. The van der Waals surface area contributed by atoms with Crippen molar-refractivity contribution in [1.82, 2.24) is 4.98 Å². The van der Waals surface area contributed by atoms with Crippen LogP contribution in [-0.4, -0.2) is 22.7 Å². The number of thiazole rings is 1. The van der Waals surface area contributed by atoms with Crippen molar-refractivity contribution < 1.29 is 14.6 Å². The van der Waals surface area contributed by atoms with Crippen molar-refractivity contribution in [3.8, 4) is 5.75 Å². The molecule has 0 amide bonds. The summed E-state index contributed by atoms with van der Waals surface area (Å²) in [6, 6.07) is 3.73. The fraction of sp³-hybridized carbons (Fsp3) is 0.333. The summed E-state index contributed by atoms with van der Waals surface area (Å²) in [5.41, 5.74) is 3.12. The second kappa shape index (κ2) is 4.71. The molecule has 1 N–H and O–H groups in total. The average Bonchev–Trinajstić information content (AvgIpc) is 2.76. The molecule has 1 atom stereocenters. The van der Waals surface area contributed by atoms with E-state index in [0.717, 1.165) is 10.2 Å². The van der Waals surface area contributed by atoms with Gasteiger partial charge in [-0.2, -0.15) is 0 Å². The number of fused-ring (bicyclic) bond motifs is 1. The summed E-state index contributed by atoms with van der Waals surface area (Å²) in [7, 11) is 0. The Labute approximate surface area is 103 Å². The number of hydrogen-bond donors (Lipinski definition) is 1. The van der Waals surface area contributed by atoms with Crippen LogP contribution in [-0.2, 0) is 4.79 Å². The molecule has 4 nitrogen and oxygen atoms in total. The van der Waals surface area contributed by atoms with E-state index in [-0.39, 0.29) is 0 Å². The molecule has 0 bridgehead atoms. The minimum atomic E-state index is -0.869. The van der Waals surface area contributed by atoms with Crippen molar-refractivity contribution in [2.45, 2.75) is 19.8 Å². The first-order valence-electron chi connectivity index (χ1n) is 5.36. The van der Waals surface area contributed by atoms with Crippen molar-refractivity contribution in [2.24, 2.45) is 0 Å². The number of hydrogen-bond acceptors (Lipinski definition) is 4. The number of carbonyl (C=O) groups is 1. The Morgan fingerprint density at radius 2 is 2.35 bits per heavy atom. The van der Waals surface area contributed by atoms with Crippen LogP contribution in [0.4, 0.5) is 0 Å². The minimum Gasteiger partial charge on any atom is -0.493 e. The first kappa shape index (κ1) is 11.9. The van der Waals surface area contributed by atoms with E-state index in [1.54, 1.807) is 12.4 Å². The SMILES string of the molecule is CCOc1ccc2scnc2c1C(C)C(=O)O. The number of benzene rings is 1. The van der Waals surface area contributed by atoms with Crippen LogP contribution in [0, 0.1) is 0 Å². The molecule has 1 heterocycles. The van der Waals surface area contributed by atoms with Crippen LogP contribution in [0.2, 0.25) is 0 Å². The molecule has 5 heteroatoms. The molecule has 1 aromatic heterocycles. The molecule has 1 unspecified atom stereocenters. The van der Waals surface area contributed by atoms with Gasteiger partial charge in [0.05, 0.1) is 28.3 Å². The van der Waals surface area contributed by atoms with Gasteiger partial charge in [0.2, 0.25) is 0 Å². The molecule has 2 aromatic rings. The van der Waals surface area contributed by atoms with Gasteiger partial charge in [0.1, 0.15) is 5.75 Å². The lowest BCUT2D eigenvalue weighted by molar-refractivity contribution is -0.138. The second-order valence-electron chi connectivity index (χ2n) is 3.67. The van der Waals surface area contributed by atoms with E-state index < -0.39 is 11.9 Å². The molecule has 0 spiro atoms. The maximum absolute atomic E-state index is 11.1. The topological polar surface area (TPSA) is 59.4 Å². The monoisotopic (exact) mass is 251 g/mol. The summed E-state index contributed by atoms with van der Waals surface area (Å²) in [5, 5.41) is 9.15. The molecule has 0 fully saturated rings. The number of aromatic nitrogens is 1. The van der Waals surface area contributed by atoms with E-state index in [0.29, 0.717) is 17.9 Å². The third kappa shape index (κ3) is 2.10. The predicted molar refractivity (Wildman–Crippen MR) is 66.8 cm³/mol. The molecule has 2 rings (SSSR count). The Hall–Kier alpha value is -1.62. The van der Waals surface area contributed by atoms with E-state index in [4.69, 9.17) is 9.84 Å². The maximum Gasteiger partial charge on any atom is 0.310 e. The van der Waals surface area contributed by atoms with Gasteiger partial charge in [-0.25, -0.2) is 4.98 Å². The number of aliphatic carboxylic acids is 1. The number of carboxylic acid groups (broad SMARTS) is 1. The standard InChI is InChI=1S/C12H13NO3S/c1-3-16-8-4-5-9-11(13-6-17-9)10(8)7(2)12(14)15/h4-7H,3H2,1-2H3,(H,14,15). The number of ether oxygens (including phenoxy) is 1. The fourth-order valence-corrected chi connectivity index (χ4v) is 2.45. The molecular formula is C12H13NO3S. The zero-order valence-corrected chi connectivity index (χ0v) is 10.5. The van der Waals surface area contributed by atoms with Gasteiger partial charge in [-0.3, -0.25) is 4.79 Å². The van der Waals surface area contributed by atoms with Crippen molar-refractivity contribution in [3.63, 3.8) is 0 Å². The van der Waals surface area contributed by atoms with Crippen molar-refractivity contribution >= 4 is 27.5 Å². The molecule has 0 saturated carbocycles. The lowest BCUT2D eigenvalue weighted by Gasteiger charge is -2.13. The molecule has 0 aliphatic heterocycles. The van der Waals surface area contributed by atoms with E-state index in [1.807, 2.05) is 19.1 Å². The lowest BCUT2D eigenvalue weighted by Crippen LogP contribution is -2.10. The van der Waals surface area contributed by atoms with Gasteiger partial charge in [0, 0.05) is 5.56 Å². The first-order chi connectivity index (χ1) is 8.15. The van der Waals surface area contributed by atoms with Gasteiger partial charge in [0.15, 0.2) is 0 Å². The molecule has 17 heavy (non-hydrogen) atoms. The van der Waals surface area contributed by atoms with Crippen molar-refractivity contribution in [3.05, 3.63) is 23.2 Å². The molecule has 0 aliphatic carbocycles. The van der Waals surface area contributed by atoms with Gasteiger partial charge in [0.25, 0.3) is 0 Å². The van der Waals surface area contributed by atoms with Crippen LogP contribution >= 0.6 is 11.3 Å². The fourth-order valence-electron chi connectivity index (χ4n) is 1.76. The molecular weight excluding hydrogens is 238 g/mol. The van der Waals surface area contributed by atoms with E-state index >= 15 is 0 Å². The third-order valence-electron chi connectivity index (χ3n) is 2.60. The molecule has 1 aromatic carbocycles. The van der Waals surface area contributed by atoms with Crippen molar-refractivity contribution in [2.75, 3.05) is 6.61 Å². The predicted octanol–water partition coefficient (Wildman–Crippen LogP) is 2.88. The number of carboxylic acids is 1. The zero-order valence-electron chi connectivity index (χ0n) is 9.64. The molecule has 90 valence electrons. The highest BCUT2D eigenvalue weighted by Crippen LogP contribution is 2.35. The average molecular weight is 251 g/mol. The van der Waals surface area contributed by atoms with Gasteiger partial charge >= 0.3 is 5.97 Å². The Balaban J connectivity index is 2.64. The summed E-state index contributed by atoms with van der Waals surface area (Å²) in [4.78, 5) is 15.4. The Bertz CT molecular complexity index is 550. The highest BCUT2D eigenvalue weighted by molar-refractivity contribution is 7.16. The minimum absolute atomic E-state index is 0.509. The van der Waals surface area contributed by atoms with E-state index in [1.165, 1.54) is 11.3 Å². The van der Waals surface area contributed by atoms with Crippen molar-refractivity contribution in [1.29, 1.82) is 0 Å². The lowest BCUT2D eigenvalue weighted by atomic mass is 9.99. The molecule has 0 radical (unpaired) electrons. The van der Waals surface area contributed by atoms with Gasteiger partial charge in [-0.1, -0.05) is 0 Å². The zero-order chi connectivity index (χ0) is 12.4. The number of rotatable bonds is 4. The Morgan fingerprint density at radius 1 is 1.59 bits per heavy atom. The highest BCUT2D eigenvalue weighted by Gasteiger charge is 2.22. The van der Waals surface area contributed by atoms with Crippen LogP contribution in [0.1, 0.15) is 25.3 Å². The van der Waals surface area contributed by atoms with Gasteiger partial charge in [-0.05, 0) is 26.0 Å². The smallest absolute Gasteiger partial charge is 0.310 e. The summed E-state index contributed by atoms with van der Waals surface area (Å²) in [6.45, 7) is 4.04. The largest absolute Gasteiger partial charge is 0.493 e. The summed E-state index contributed by atoms with van der Waals surface area (Å²) >= 11 is 1.50. The quantitative estimate of drug-likeness (QED) is 0.907. The number of nitrogens with zero attached hydrogens (tertiary/aromatic N) is 1. The Morgan fingerprint density at radius 3 is 3.00 bits per heavy atom. The van der Waals surface area contributed by atoms with Crippen LogP contribution in [0.3, 0.4) is 0 Å². The summed E-state index contributed by atoms with van der Waals surface area (Å²) in [5.74, 6) is -0.880. The second-order valence-corrected chi connectivity index (χ2v) is 4.56. The van der Waals surface area contributed by atoms with Crippen LogP contribution in [0.5, 0.6) is 5.75 Å². The van der Waals surface area contributed by atoms with Crippen LogP contribution < -0.4 is 4.74 Å². The highest BCUT2D eigenvalue weighted by atomic mass is 32.1. The third-order valence-corrected chi connectivity index (χ3v) is 3.40. The van der Waals surface area contributed by atoms with E-state index in [9.17, 15) is 4.79 Å². The summed E-state index contributed by atoms with van der Waals surface area (Å²) < 4.78 is 6.47. The molecule has 0 saturated heterocycles. The summed E-state index contributed by atoms with van der Waals surface area (Å²) in [6.07, 6.45) is 0.